The highest BCUT2D eigenvalue weighted by Gasteiger charge is 2.18. The molecule has 7 nitrogen and oxygen atoms in total. The average Bonchev–Trinajstić information content (AvgIpc) is 2.69. The molecule has 0 spiro atoms. The molecule has 28 heavy (non-hydrogen) atoms. The summed E-state index contributed by atoms with van der Waals surface area (Å²) in [5, 5.41) is 17.7. The molecule has 0 bridgehead atoms. The number of hydrogen-bond acceptors (Lipinski definition) is 5. The second-order valence-electron chi connectivity index (χ2n) is 5.94. The Kier molecular flexibility index (Phi) is 4.62. The highest BCUT2D eigenvalue weighted by Crippen LogP contribution is 2.22. The predicted molar refractivity (Wildman–Crippen MR) is 109 cm³/mol. The van der Waals surface area contributed by atoms with Crippen LogP contribution in [0.2, 0.25) is 0 Å². The van der Waals surface area contributed by atoms with Crippen LogP contribution in [0, 0.1) is 0 Å². The Morgan fingerprint density at radius 3 is 2.61 bits per heavy atom. The summed E-state index contributed by atoms with van der Waals surface area (Å²) in [6.07, 6.45) is 1.63. The Morgan fingerprint density at radius 1 is 1.07 bits per heavy atom. The molecule has 138 valence electrons. The highest BCUT2D eigenvalue weighted by atomic mass is 79.9. The fourth-order valence-electron chi connectivity index (χ4n) is 2.76. The van der Waals surface area contributed by atoms with Crippen LogP contribution in [0.25, 0.3) is 16.6 Å². The van der Waals surface area contributed by atoms with Crippen molar-refractivity contribution in [2.75, 3.05) is 5.32 Å². The maximum atomic E-state index is 12.7. The molecule has 2 aromatic carbocycles. The third-order valence-electron chi connectivity index (χ3n) is 4.08. The lowest BCUT2D eigenvalue weighted by molar-refractivity contribution is 0.101. The first-order valence-electron chi connectivity index (χ1n) is 8.27. The molecule has 1 amide bonds. The smallest absolute Gasteiger partial charge is 0.280 e. The van der Waals surface area contributed by atoms with Crippen molar-refractivity contribution < 1.29 is 9.90 Å². The molecule has 0 atom stereocenters. The zero-order valence-corrected chi connectivity index (χ0v) is 15.9. The molecule has 0 radical (unpaired) electrons. The summed E-state index contributed by atoms with van der Waals surface area (Å²) in [7, 11) is 0. The van der Waals surface area contributed by atoms with Gasteiger partial charge in [0.05, 0.1) is 16.9 Å². The minimum Gasteiger partial charge on any atom is -0.505 e. The van der Waals surface area contributed by atoms with Crippen molar-refractivity contribution in [2.24, 2.45) is 0 Å². The van der Waals surface area contributed by atoms with Gasteiger partial charge in [-0.15, -0.1) is 0 Å². The number of halogens is 1. The van der Waals surface area contributed by atoms with Gasteiger partial charge in [-0.1, -0.05) is 34.1 Å². The fraction of sp³-hybridized carbons (Fsp3) is 0. The molecular weight excluding hydrogens is 424 g/mol. The number of nitrogens with one attached hydrogen (secondary N) is 1. The molecule has 8 heteroatoms. The van der Waals surface area contributed by atoms with Gasteiger partial charge in [-0.05, 0) is 36.4 Å². The van der Waals surface area contributed by atoms with Crippen LogP contribution in [0.4, 0.5) is 5.69 Å². The third-order valence-corrected chi connectivity index (χ3v) is 4.61. The van der Waals surface area contributed by atoms with Gasteiger partial charge < -0.3 is 10.4 Å². The number of hydrogen-bond donors (Lipinski definition) is 2. The van der Waals surface area contributed by atoms with Crippen molar-refractivity contribution in [1.29, 1.82) is 0 Å². The summed E-state index contributed by atoms with van der Waals surface area (Å²) in [5.41, 5.74) is 0.734. The van der Waals surface area contributed by atoms with Gasteiger partial charge in [0.2, 0.25) is 0 Å². The molecule has 2 aromatic heterocycles. The van der Waals surface area contributed by atoms with Crippen LogP contribution in [0.3, 0.4) is 0 Å². The molecule has 0 unspecified atom stereocenters. The van der Waals surface area contributed by atoms with E-state index >= 15 is 0 Å². The number of para-hydroxylation sites is 1. The number of carbonyl (C=O) groups excluding carboxylic acids is 1. The van der Waals surface area contributed by atoms with Gasteiger partial charge >= 0.3 is 0 Å². The SMILES string of the molecule is O=C(Nc1cccc2cccnc12)c1nn(-c2ccc(Br)cc2)c(=O)cc1O. The first kappa shape index (κ1) is 17.9. The number of benzene rings is 2. The van der Waals surface area contributed by atoms with Crippen molar-refractivity contribution in [3.05, 3.63) is 87.4 Å². The van der Waals surface area contributed by atoms with Crippen molar-refractivity contribution in [3.63, 3.8) is 0 Å². The van der Waals surface area contributed by atoms with Crippen LogP contribution >= 0.6 is 15.9 Å². The molecule has 4 aromatic rings. The number of nitrogens with zero attached hydrogens (tertiary/aromatic N) is 3. The minimum atomic E-state index is -0.651. The number of rotatable bonds is 3. The fourth-order valence-corrected chi connectivity index (χ4v) is 3.03. The molecule has 0 aliphatic carbocycles. The van der Waals surface area contributed by atoms with Crippen molar-refractivity contribution in [3.8, 4) is 11.4 Å². The summed E-state index contributed by atoms with van der Waals surface area (Å²) in [6, 6.07) is 16.8. The van der Waals surface area contributed by atoms with Crippen LogP contribution in [0.15, 0.2) is 76.1 Å². The van der Waals surface area contributed by atoms with E-state index in [9.17, 15) is 14.7 Å². The van der Waals surface area contributed by atoms with Gasteiger partial charge in [-0.3, -0.25) is 14.6 Å². The summed E-state index contributed by atoms with van der Waals surface area (Å²) >= 11 is 3.32. The van der Waals surface area contributed by atoms with Gasteiger partial charge in [-0.25, -0.2) is 0 Å². The van der Waals surface area contributed by atoms with E-state index in [1.165, 1.54) is 0 Å². The largest absolute Gasteiger partial charge is 0.505 e. The zero-order valence-electron chi connectivity index (χ0n) is 14.3. The number of amides is 1. The van der Waals surface area contributed by atoms with Crippen LogP contribution in [-0.2, 0) is 0 Å². The van der Waals surface area contributed by atoms with E-state index in [1.807, 2.05) is 12.1 Å². The van der Waals surface area contributed by atoms with Crippen LogP contribution in [-0.4, -0.2) is 25.8 Å². The molecular formula is C20H13BrN4O3. The summed E-state index contributed by atoms with van der Waals surface area (Å²) in [5.74, 6) is -1.15. The van der Waals surface area contributed by atoms with E-state index in [4.69, 9.17) is 0 Å². The van der Waals surface area contributed by atoms with Crippen molar-refractivity contribution in [1.82, 2.24) is 14.8 Å². The van der Waals surface area contributed by atoms with E-state index < -0.39 is 17.2 Å². The molecule has 4 rings (SSSR count). The van der Waals surface area contributed by atoms with Crippen molar-refractivity contribution >= 4 is 38.4 Å². The van der Waals surface area contributed by atoms with Crippen LogP contribution in [0.5, 0.6) is 5.75 Å². The third kappa shape index (κ3) is 3.37. The lowest BCUT2D eigenvalue weighted by Crippen LogP contribution is -2.25. The number of aromatic nitrogens is 3. The average molecular weight is 437 g/mol. The lowest BCUT2D eigenvalue weighted by Gasteiger charge is -2.10. The Labute approximate surface area is 167 Å². The second kappa shape index (κ2) is 7.24. The van der Waals surface area contributed by atoms with Crippen LogP contribution in [0.1, 0.15) is 10.5 Å². The molecule has 0 aliphatic heterocycles. The molecule has 0 saturated carbocycles. The van der Waals surface area contributed by atoms with Gasteiger partial charge in [0, 0.05) is 22.1 Å². The van der Waals surface area contributed by atoms with Gasteiger partial charge in [-0.2, -0.15) is 9.78 Å². The maximum Gasteiger partial charge on any atom is 0.280 e. The molecule has 0 saturated heterocycles. The number of aromatic hydroxyl groups is 1. The topological polar surface area (TPSA) is 97.1 Å². The number of anilines is 1. The van der Waals surface area contributed by atoms with E-state index in [0.29, 0.717) is 16.9 Å². The Hall–Kier alpha value is -3.52. The van der Waals surface area contributed by atoms with E-state index in [-0.39, 0.29) is 5.69 Å². The second-order valence-corrected chi connectivity index (χ2v) is 6.86. The number of carbonyl (C=O) groups is 1. The van der Waals surface area contributed by atoms with Gasteiger partial charge in [0.25, 0.3) is 11.5 Å². The summed E-state index contributed by atoms with van der Waals surface area (Å²) < 4.78 is 1.90. The van der Waals surface area contributed by atoms with E-state index in [2.05, 4.69) is 31.3 Å². The van der Waals surface area contributed by atoms with E-state index in [0.717, 1.165) is 20.6 Å². The van der Waals surface area contributed by atoms with Crippen molar-refractivity contribution in [2.45, 2.75) is 0 Å². The molecule has 2 N–H and O–H groups in total. The standard InChI is InChI=1S/C20H13BrN4O3/c21-13-6-8-14(9-7-13)25-17(27)11-16(26)19(24-25)20(28)23-15-5-1-3-12-4-2-10-22-18(12)15/h1-11,26H,(H,23,28). The number of pyridine rings is 1. The first-order chi connectivity index (χ1) is 13.5. The van der Waals surface area contributed by atoms with Gasteiger partial charge in [0.1, 0.15) is 0 Å². The highest BCUT2D eigenvalue weighted by molar-refractivity contribution is 9.10. The van der Waals surface area contributed by atoms with Gasteiger partial charge in [0.15, 0.2) is 11.4 Å². The first-order valence-corrected chi connectivity index (χ1v) is 9.06. The summed E-state index contributed by atoms with van der Waals surface area (Å²) in [6.45, 7) is 0. The molecule has 2 heterocycles. The Bertz CT molecular complexity index is 1250. The lowest BCUT2D eigenvalue weighted by atomic mass is 10.2. The van der Waals surface area contributed by atoms with E-state index in [1.54, 1.807) is 48.7 Å². The summed E-state index contributed by atoms with van der Waals surface area (Å²) in [4.78, 5) is 29.2. The maximum absolute atomic E-state index is 12.7. The normalized spacial score (nSPS) is 10.8. The number of fused-ring (bicyclic) bond motifs is 1. The van der Waals surface area contributed by atoms with Crippen LogP contribution < -0.4 is 10.9 Å². The minimum absolute atomic E-state index is 0.268. The Balaban J connectivity index is 1.74. The predicted octanol–water partition coefficient (Wildman–Crippen LogP) is 3.50. The molecule has 0 fully saturated rings. The Morgan fingerprint density at radius 2 is 1.82 bits per heavy atom. The quantitative estimate of drug-likeness (QED) is 0.512. The zero-order chi connectivity index (χ0) is 19.7. The monoisotopic (exact) mass is 436 g/mol. The molecule has 0 aliphatic rings.